The van der Waals surface area contributed by atoms with Gasteiger partial charge in [0.05, 0.1) is 26.4 Å². The largest absolute Gasteiger partial charge is 0.472 e. The predicted octanol–water partition coefficient (Wildman–Crippen LogP) is 23.3. The summed E-state index contributed by atoms with van der Waals surface area (Å²) in [5.41, 5.74) is 0. The van der Waals surface area contributed by atoms with Gasteiger partial charge in [0.2, 0.25) is 0 Å². The number of unbranched alkanes of at least 4 members (excludes halogenated alkanes) is 31. The summed E-state index contributed by atoms with van der Waals surface area (Å²) in [4.78, 5) is 73.0. The van der Waals surface area contributed by atoms with Gasteiger partial charge in [-0.2, -0.15) is 0 Å². The first-order valence-corrected chi connectivity index (χ1v) is 43.1. The van der Waals surface area contributed by atoms with Gasteiger partial charge in [0.25, 0.3) is 0 Å². The molecule has 0 rings (SSSR count). The molecular formula is C83H144O17P2. The molecule has 0 radical (unpaired) electrons. The molecule has 0 bridgehead atoms. The van der Waals surface area contributed by atoms with Gasteiger partial charge in [-0.3, -0.25) is 37.3 Å². The van der Waals surface area contributed by atoms with Gasteiger partial charge in [-0.25, -0.2) is 9.13 Å². The zero-order valence-corrected chi connectivity index (χ0v) is 66.0. The standard InChI is InChI=1S/C83H144O17P2/c1-5-9-13-17-21-25-29-33-36-37-38-39-42-45-48-52-56-60-64-68-81(86)94-73-78(99-82(87)69-65-61-57-53-49-43-32-28-24-20-16-12-8-4)75-97-101(89,90)95-71-77(84)72-96-102(91,92)98-76-79(100-83(88)70-66-62-58-54-50-46-41-35-31-27-23-19-15-11-7-3)74-93-80(85)67-63-59-55-51-47-44-40-34-30-26-22-18-14-10-6-2/h9-10,13-14,16,20-22,25-26,28,32-34,36,38-40,77-79,84H,5-8,11-12,15,17-19,23-24,27,29-31,35,37,41-76H2,1-4H3,(H,89,90)(H,91,92)/b13-9-,14-10-,20-16-,25-21-,26-22-,32-28-,36-33-,39-38-,40-34-. The van der Waals surface area contributed by atoms with Crippen molar-refractivity contribution in [3.63, 3.8) is 0 Å². The maximum Gasteiger partial charge on any atom is 0.472 e. The van der Waals surface area contributed by atoms with Crippen molar-refractivity contribution < 1.29 is 80.2 Å². The summed E-state index contributed by atoms with van der Waals surface area (Å²) in [5.74, 6) is -2.21. The van der Waals surface area contributed by atoms with Gasteiger partial charge in [-0.1, -0.05) is 298 Å². The average Bonchev–Trinajstić information content (AvgIpc) is 0.908. The molecule has 17 nitrogen and oxygen atoms in total. The highest BCUT2D eigenvalue weighted by Gasteiger charge is 2.30. The molecule has 0 saturated carbocycles. The van der Waals surface area contributed by atoms with E-state index in [9.17, 15) is 43.2 Å². The quantitative estimate of drug-likeness (QED) is 0.0169. The number of ether oxygens (including phenoxy) is 4. The average molecular weight is 1480 g/mol. The lowest BCUT2D eigenvalue weighted by Crippen LogP contribution is -2.30. The van der Waals surface area contributed by atoms with Gasteiger partial charge >= 0.3 is 39.5 Å². The van der Waals surface area contributed by atoms with Crippen molar-refractivity contribution >= 4 is 39.5 Å². The minimum absolute atomic E-state index is 0.0743. The van der Waals surface area contributed by atoms with E-state index in [4.69, 9.17) is 37.0 Å². The molecule has 0 heterocycles. The van der Waals surface area contributed by atoms with Crippen LogP contribution in [0, 0.1) is 0 Å². The fraction of sp³-hybridized carbons (Fsp3) is 0.735. The van der Waals surface area contributed by atoms with E-state index in [2.05, 4.69) is 137 Å². The molecule has 0 aliphatic carbocycles. The van der Waals surface area contributed by atoms with E-state index in [1.54, 1.807) is 0 Å². The van der Waals surface area contributed by atoms with Crippen molar-refractivity contribution in [3.8, 4) is 0 Å². The first-order valence-electron chi connectivity index (χ1n) is 40.1. The van der Waals surface area contributed by atoms with Gasteiger partial charge in [-0.15, -0.1) is 0 Å². The molecule has 0 spiro atoms. The van der Waals surface area contributed by atoms with Crippen molar-refractivity contribution in [3.05, 3.63) is 109 Å². The molecule has 0 fully saturated rings. The van der Waals surface area contributed by atoms with Crippen LogP contribution >= 0.6 is 15.6 Å². The monoisotopic (exact) mass is 1470 g/mol. The van der Waals surface area contributed by atoms with Crippen molar-refractivity contribution in [1.82, 2.24) is 0 Å². The van der Waals surface area contributed by atoms with Crippen molar-refractivity contribution in [1.29, 1.82) is 0 Å². The van der Waals surface area contributed by atoms with Crippen LogP contribution < -0.4 is 0 Å². The number of aliphatic hydroxyl groups excluding tert-OH is 1. The molecule has 0 aromatic heterocycles. The summed E-state index contributed by atoms with van der Waals surface area (Å²) < 4.78 is 68.6. The van der Waals surface area contributed by atoms with E-state index in [0.29, 0.717) is 25.7 Å². The maximum absolute atomic E-state index is 13.1. The first kappa shape index (κ1) is 97.7. The number of rotatable bonds is 75. The number of hydrogen-bond acceptors (Lipinski definition) is 15. The van der Waals surface area contributed by atoms with Crippen LogP contribution in [-0.2, 0) is 65.4 Å². The fourth-order valence-electron chi connectivity index (χ4n) is 10.7. The van der Waals surface area contributed by atoms with Crippen LogP contribution in [0.2, 0.25) is 0 Å². The number of carbonyl (C=O) groups excluding carboxylic acids is 4. The lowest BCUT2D eigenvalue weighted by Gasteiger charge is -2.21. The maximum atomic E-state index is 13.1. The number of phosphoric acid groups is 2. The Morgan fingerprint density at radius 2 is 0.529 bits per heavy atom. The van der Waals surface area contributed by atoms with Crippen LogP contribution in [0.25, 0.3) is 0 Å². The predicted molar refractivity (Wildman–Crippen MR) is 418 cm³/mol. The third kappa shape index (κ3) is 74.0. The lowest BCUT2D eigenvalue weighted by atomic mass is 10.0. The minimum atomic E-state index is -4.98. The van der Waals surface area contributed by atoms with Crippen molar-refractivity contribution in [2.24, 2.45) is 0 Å². The number of hydrogen-bond donors (Lipinski definition) is 3. The molecule has 5 unspecified atom stereocenters. The first-order chi connectivity index (χ1) is 49.7. The highest BCUT2D eigenvalue weighted by Crippen LogP contribution is 2.45. The summed E-state index contributed by atoms with van der Waals surface area (Å²) in [5, 5.41) is 10.6. The number of esters is 4. The molecular weight excluding hydrogens is 1330 g/mol. The number of allylic oxidation sites excluding steroid dienone is 18. The topological polar surface area (TPSA) is 237 Å². The van der Waals surface area contributed by atoms with Crippen LogP contribution in [0.5, 0.6) is 0 Å². The highest BCUT2D eigenvalue weighted by molar-refractivity contribution is 7.47. The SMILES string of the molecule is CC/C=C\C/C=C\C/C=C\C/C=C\CCCCCCCCC(=O)OCC(COP(=O)(O)OCC(O)COP(=O)(O)OCC(COC(=O)CCCCCCC/C=C\C/C=C\C/C=C\CC)OC(=O)CCCCCCCCCCCCCCCCC)OC(=O)CCCCCCC/C=C\C/C=C\CCC. The van der Waals surface area contributed by atoms with E-state index >= 15 is 0 Å². The fourth-order valence-corrected chi connectivity index (χ4v) is 12.3. The van der Waals surface area contributed by atoms with E-state index in [0.717, 1.165) is 193 Å². The van der Waals surface area contributed by atoms with Gasteiger partial charge in [0.1, 0.15) is 19.3 Å². The number of carbonyl (C=O) groups is 4. The highest BCUT2D eigenvalue weighted by atomic mass is 31.2. The Morgan fingerprint density at radius 3 is 0.824 bits per heavy atom. The smallest absolute Gasteiger partial charge is 0.462 e. The molecule has 3 N–H and O–H groups in total. The molecule has 0 saturated heterocycles. The molecule has 0 aromatic carbocycles. The Labute approximate surface area is 619 Å². The molecule has 102 heavy (non-hydrogen) atoms. The zero-order valence-electron chi connectivity index (χ0n) is 64.3. The Morgan fingerprint density at radius 1 is 0.284 bits per heavy atom. The van der Waals surface area contributed by atoms with Crippen LogP contribution in [0.4, 0.5) is 0 Å². The van der Waals surface area contributed by atoms with Gasteiger partial charge < -0.3 is 33.8 Å². The van der Waals surface area contributed by atoms with Crippen LogP contribution in [-0.4, -0.2) is 96.7 Å². The molecule has 0 aromatic rings. The second-order valence-electron chi connectivity index (χ2n) is 26.6. The lowest BCUT2D eigenvalue weighted by molar-refractivity contribution is -0.161. The molecule has 0 aliphatic rings. The Kier molecular flexibility index (Phi) is 71.8. The van der Waals surface area contributed by atoms with Crippen LogP contribution in [0.1, 0.15) is 336 Å². The molecule has 588 valence electrons. The Bertz CT molecular complexity index is 2360. The third-order valence-corrected chi connectivity index (χ3v) is 18.6. The Hall–Kier alpha value is -4.28. The second-order valence-corrected chi connectivity index (χ2v) is 29.5. The zero-order chi connectivity index (χ0) is 74.6. The molecule has 19 heteroatoms. The van der Waals surface area contributed by atoms with E-state index in [1.165, 1.54) is 64.2 Å². The summed E-state index contributed by atoms with van der Waals surface area (Å²) in [7, 11) is -9.96. The van der Waals surface area contributed by atoms with Crippen molar-refractivity contribution in [2.45, 2.75) is 354 Å². The summed E-state index contributed by atoms with van der Waals surface area (Å²) in [6.45, 7) is 4.58. The molecule has 0 amide bonds. The van der Waals surface area contributed by atoms with E-state index in [-0.39, 0.29) is 25.7 Å². The van der Waals surface area contributed by atoms with Crippen molar-refractivity contribution in [2.75, 3.05) is 39.6 Å². The molecule has 0 aliphatic heterocycles. The van der Waals surface area contributed by atoms with Crippen LogP contribution in [0.3, 0.4) is 0 Å². The van der Waals surface area contributed by atoms with Gasteiger partial charge in [0.15, 0.2) is 12.2 Å². The normalized spacial score (nSPS) is 14.5. The number of aliphatic hydroxyl groups is 1. The second kappa shape index (κ2) is 75.0. The summed E-state index contributed by atoms with van der Waals surface area (Å²) >= 11 is 0. The van der Waals surface area contributed by atoms with E-state index < -0.39 is 97.5 Å². The summed E-state index contributed by atoms with van der Waals surface area (Å²) in [6, 6.07) is 0. The van der Waals surface area contributed by atoms with E-state index in [1.807, 2.05) is 0 Å². The number of phosphoric ester groups is 2. The van der Waals surface area contributed by atoms with Gasteiger partial charge in [-0.05, 0) is 122 Å². The van der Waals surface area contributed by atoms with Gasteiger partial charge in [0, 0.05) is 25.7 Å². The third-order valence-electron chi connectivity index (χ3n) is 16.7. The molecule has 5 atom stereocenters. The Balaban J connectivity index is 5.35. The van der Waals surface area contributed by atoms with Crippen LogP contribution in [0.15, 0.2) is 109 Å². The summed E-state index contributed by atoms with van der Waals surface area (Å²) in [6.07, 6.45) is 80.6. The minimum Gasteiger partial charge on any atom is -0.462 e.